The summed E-state index contributed by atoms with van der Waals surface area (Å²) in [4.78, 5) is 0.365. The molecule has 0 bridgehead atoms. The minimum Gasteiger partial charge on any atom is -0.316 e. The quantitative estimate of drug-likeness (QED) is 0.879. The van der Waals surface area contributed by atoms with Crippen molar-refractivity contribution in [3.8, 4) is 0 Å². The third kappa shape index (κ3) is 5.09. The molecule has 0 atom stereocenters. The Kier molecular flexibility index (Phi) is 6.21. The minimum absolute atomic E-state index is 0.0901. The van der Waals surface area contributed by atoms with Gasteiger partial charge in [-0.15, -0.1) is 0 Å². The zero-order chi connectivity index (χ0) is 15.1. The van der Waals surface area contributed by atoms with Crippen molar-refractivity contribution in [2.75, 3.05) is 7.05 Å². The average Bonchev–Trinajstić information content (AvgIpc) is 2.43. The highest BCUT2D eigenvalue weighted by molar-refractivity contribution is 7.89. The second-order valence-electron chi connectivity index (χ2n) is 5.84. The Morgan fingerprint density at radius 2 is 1.57 bits per heavy atom. The highest BCUT2D eigenvalue weighted by Gasteiger charge is 2.20. The van der Waals surface area contributed by atoms with Gasteiger partial charge in [-0.2, -0.15) is 0 Å². The van der Waals surface area contributed by atoms with E-state index in [-0.39, 0.29) is 6.04 Å². The molecule has 0 unspecified atom stereocenters. The summed E-state index contributed by atoms with van der Waals surface area (Å²) in [6, 6.07) is 7.20. The maximum absolute atomic E-state index is 12.4. The number of rotatable bonds is 5. The predicted octanol–water partition coefficient (Wildman–Crippen LogP) is 2.80. The smallest absolute Gasteiger partial charge is 0.240 e. The Balaban J connectivity index is 2.02. The Hall–Kier alpha value is -0.910. The summed E-state index contributed by atoms with van der Waals surface area (Å²) in [5.41, 5.74) is 1.09. The van der Waals surface area contributed by atoms with Crippen LogP contribution in [0.15, 0.2) is 29.2 Å². The first-order valence-corrected chi connectivity index (χ1v) is 9.36. The Bertz CT molecular complexity index is 518. The van der Waals surface area contributed by atoms with Crippen LogP contribution in [0.4, 0.5) is 0 Å². The lowest BCUT2D eigenvalue weighted by molar-refractivity contribution is 0.426. The number of nitrogens with one attached hydrogen (secondary N) is 2. The van der Waals surface area contributed by atoms with E-state index >= 15 is 0 Å². The van der Waals surface area contributed by atoms with E-state index < -0.39 is 10.0 Å². The van der Waals surface area contributed by atoms with E-state index in [2.05, 4.69) is 10.0 Å². The summed E-state index contributed by atoms with van der Waals surface area (Å²) < 4.78 is 27.8. The summed E-state index contributed by atoms with van der Waals surface area (Å²) in [6.45, 7) is 0.746. The van der Waals surface area contributed by atoms with Crippen molar-refractivity contribution in [1.29, 1.82) is 0 Å². The van der Waals surface area contributed by atoms with Crippen LogP contribution < -0.4 is 10.0 Å². The molecule has 1 saturated carbocycles. The van der Waals surface area contributed by atoms with E-state index in [1.807, 2.05) is 19.2 Å². The molecular formula is C16H26N2O2S. The van der Waals surface area contributed by atoms with Gasteiger partial charge in [0.2, 0.25) is 10.0 Å². The lowest BCUT2D eigenvalue weighted by atomic mass is 9.97. The van der Waals surface area contributed by atoms with Crippen LogP contribution in [0.3, 0.4) is 0 Å². The molecule has 1 aliphatic carbocycles. The maximum atomic E-state index is 12.4. The summed E-state index contributed by atoms with van der Waals surface area (Å²) >= 11 is 0. The van der Waals surface area contributed by atoms with E-state index in [0.29, 0.717) is 4.90 Å². The van der Waals surface area contributed by atoms with Gasteiger partial charge in [0.05, 0.1) is 4.90 Å². The first-order valence-electron chi connectivity index (χ1n) is 7.88. The number of hydrogen-bond acceptors (Lipinski definition) is 3. The lowest BCUT2D eigenvalue weighted by Crippen LogP contribution is -2.35. The van der Waals surface area contributed by atoms with Gasteiger partial charge in [-0.25, -0.2) is 13.1 Å². The average molecular weight is 310 g/mol. The van der Waals surface area contributed by atoms with Crippen molar-refractivity contribution in [1.82, 2.24) is 10.0 Å². The standard InChI is InChI=1S/C16H26N2O2S/c1-17-13-14-9-11-16(12-10-14)21(19,20)18-15-7-5-3-2-4-6-8-15/h9-12,15,17-18H,2-8,13H2,1H3. The summed E-state index contributed by atoms with van der Waals surface area (Å²) in [5, 5.41) is 3.06. The van der Waals surface area contributed by atoms with E-state index in [0.717, 1.165) is 37.8 Å². The van der Waals surface area contributed by atoms with Crippen LogP contribution in [0.25, 0.3) is 0 Å². The third-order valence-corrected chi connectivity index (χ3v) is 5.58. The van der Waals surface area contributed by atoms with Crippen molar-refractivity contribution >= 4 is 10.0 Å². The lowest BCUT2D eigenvalue weighted by Gasteiger charge is -2.21. The van der Waals surface area contributed by atoms with Crippen LogP contribution in [0.1, 0.15) is 50.5 Å². The van der Waals surface area contributed by atoms with E-state index in [1.54, 1.807) is 12.1 Å². The molecule has 118 valence electrons. The summed E-state index contributed by atoms with van der Waals surface area (Å²) in [7, 11) is -1.51. The van der Waals surface area contributed by atoms with Gasteiger partial charge in [0, 0.05) is 12.6 Å². The molecule has 0 saturated heterocycles. The van der Waals surface area contributed by atoms with E-state index in [4.69, 9.17) is 0 Å². The van der Waals surface area contributed by atoms with Crippen molar-refractivity contribution in [2.45, 2.75) is 62.4 Å². The van der Waals surface area contributed by atoms with Gasteiger partial charge in [0.15, 0.2) is 0 Å². The Morgan fingerprint density at radius 3 is 2.14 bits per heavy atom. The van der Waals surface area contributed by atoms with Gasteiger partial charge in [0.1, 0.15) is 0 Å². The Labute approximate surface area is 128 Å². The summed E-state index contributed by atoms with van der Waals surface area (Å²) in [6.07, 6.45) is 7.87. The zero-order valence-electron chi connectivity index (χ0n) is 12.8. The molecule has 0 aromatic heterocycles. The molecule has 1 aliphatic rings. The highest BCUT2D eigenvalue weighted by Crippen LogP contribution is 2.19. The first kappa shape index (κ1) is 16.5. The van der Waals surface area contributed by atoms with Crippen molar-refractivity contribution in [2.24, 2.45) is 0 Å². The monoisotopic (exact) mass is 310 g/mol. The molecule has 2 N–H and O–H groups in total. The van der Waals surface area contributed by atoms with Crippen LogP contribution in [0, 0.1) is 0 Å². The van der Waals surface area contributed by atoms with Crippen molar-refractivity contribution < 1.29 is 8.42 Å². The van der Waals surface area contributed by atoms with Gasteiger partial charge in [-0.05, 0) is 37.6 Å². The molecular weight excluding hydrogens is 284 g/mol. The fraction of sp³-hybridized carbons (Fsp3) is 0.625. The van der Waals surface area contributed by atoms with Crippen LogP contribution in [-0.2, 0) is 16.6 Å². The SMILES string of the molecule is CNCc1ccc(S(=O)(=O)NC2CCCCCCC2)cc1. The van der Waals surface area contributed by atoms with Crippen LogP contribution in [0.2, 0.25) is 0 Å². The normalized spacial score (nSPS) is 18.1. The van der Waals surface area contributed by atoms with Crippen molar-refractivity contribution in [3.05, 3.63) is 29.8 Å². The van der Waals surface area contributed by atoms with Gasteiger partial charge in [-0.3, -0.25) is 0 Å². The minimum atomic E-state index is -3.39. The van der Waals surface area contributed by atoms with E-state index in [9.17, 15) is 8.42 Å². The van der Waals surface area contributed by atoms with Crippen LogP contribution in [-0.4, -0.2) is 21.5 Å². The molecule has 0 spiro atoms. The molecule has 0 aliphatic heterocycles. The summed E-state index contributed by atoms with van der Waals surface area (Å²) in [5.74, 6) is 0. The molecule has 0 radical (unpaired) electrons. The molecule has 1 fully saturated rings. The van der Waals surface area contributed by atoms with Crippen molar-refractivity contribution in [3.63, 3.8) is 0 Å². The predicted molar refractivity (Wildman–Crippen MR) is 85.6 cm³/mol. The van der Waals surface area contributed by atoms with Gasteiger partial charge in [0.25, 0.3) is 0 Å². The maximum Gasteiger partial charge on any atom is 0.240 e. The van der Waals surface area contributed by atoms with E-state index in [1.165, 1.54) is 19.3 Å². The Morgan fingerprint density at radius 1 is 1.00 bits per heavy atom. The fourth-order valence-electron chi connectivity index (χ4n) is 2.85. The fourth-order valence-corrected chi connectivity index (χ4v) is 4.16. The molecule has 4 nitrogen and oxygen atoms in total. The molecule has 1 aromatic carbocycles. The molecule has 0 heterocycles. The number of hydrogen-bond donors (Lipinski definition) is 2. The zero-order valence-corrected chi connectivity index (χ0v) is 13.6. The number of benzene rings is 1. The van der Waals surface area contributed by atoms with Gasteiger partial charge < -0.3 is 5.32 Å². The molecule has 2 rings (SSSR count). The molecule has 21 heavy (non-hydrogen) atoms. The second kappa shape index (κ2) is 7.92. The topological polar surface area (TPSA) is 58.2 Å². The van der Waals surface area contributed by atoms with Crippen LogP contribution in [0.5, 0.6) is 0 Å². The van der Waals surface area contributed by atoms with Crippen LogP contribution >= 0.6 is 0 Å². The second-order valence-corrected chi connectivity index (χ2v) is 7.55. The molecule has 0 amide bonds. The third-order valence-electron chi connectivity index (χ3n) is 4.04. The highest BCUT2D eigenvalue weighted by atomic mass is 32.2. The largest absolute Gasteiger partial charge is 0.316 e. The first-order chi connectivity index (χ1) is 10.1. The van der Waals surface area contributed by atoms with Gasteiger partial charge in [-0.1, -0.05) is 44.2 Å². The molecule has 5 heteroatoms. The van der Waals surface area contributed by atoms with Gasteiger partial charge >= 0.3 is 0 Å². The molecule has 1 aromatic rings. The number of sulfonamides is 1.